The molecule has 0 aliphatic carbocycles. The predicted molar refractivity (Wildman–Crippen MR) is 87.8 cm³/mol. The Morgan fingerprint density at radius 2 is 1.45 bits per heavy atom. The molecule has 0 spiro atoms. The van der Waals surface area contributed by atoms with Crippen LogP contribution in [-0.4, -0.2) is 16.2 Å². The third-order valence-electron chi connectivity index (χ3n) is 4.03. The van der Waals surface area contributed by atoms with Crippen molar-refractivity contribution in [3.63, 3.8) is 0 Å². The second-order valence-corrected chi connectivity index (χ2v) is 6.05. The molecule has 116 valence electrons. The number of rotatable bonds is 6. The first kappa shape index (κ1) is 16.1. The van der Waals surface area contributed by atoms with Crippen LogP contribution in [0.1, 0.15) is 25.8 Å². The van der Waals surface area contributed by atoms with Crippen molar-refractivity contribution in [2.75, 3.05) is 0 Å². The van der Waals surface area contributed by atoms with Crippen molar-refractivity contribution in [1.29, 1.82) is 0 Å². The van der Waals surface area contributed by atoms with E-state index >= 15 is 0 Å². The van der Waals surface area contributed by atoms with Gasteiger partial charge >= 0.3 is 5.97 Å². The van der Waals surface area contributed by atoms with Gasteiger partial charge in [-0.25, -0.2) is 0 Å². The molecular weight excluding hydrogens is 276 g/mol. The van der Waals surface area contributed by atoms with E-state index in [0.717, 1.165) is 23.1 Å². The van der Waals surface area contributed by atoms with E-state index in [1.54, 1.807) is 12.1 Å². The van der Waals surface area contributed by atoms with E-state index in [4.69, 9.17) is 5.11 Å². The molecular formula is C19H22O3. The van der Waals surface area contributed by atoms with E-state index in [-0.39, 0.29) is 18.1 Å². The molecule has 1 unspecified atom stereocenters. The number of carboxylic acid groups (broad SMARTS) is 1. The molecule has 0 fully saturated rings. The summed E-state index contributed by atoms with van der Waals surface area (Å²) in [4.78, 5) is 11.0. The highest BCUT2D eigenvalue weighted by Gasteiger charge is 2.17. The number of benzene rings is 2. The van der Waals surface area contributed by atoms with Gasteiger partial charge in [0, 0.05) is 6.42 Å². The van der Waals surface area contributed by atoms with Gasteiger partial charge < -0.3 is 10.2 Å². The summed E-state index contributed by atoms with van der Waals surface area (Å²) >= 11 is 0. The van der Waals surface area contributed by atoms with Crippen LogP contribution < -0.4 is 0 Å². The summed E-state index contributed by atoms with van der Waals surface area (Å²) < 4.78 is 0. The number of carbonyl (C=O) groups is 1. The van der Waals surface area contributed by atoms with Crippen LogP contribution in [0.15, 0.2) is 48.5 Å². The largest absolute Gasteiger partial charge is 0.508 e. The second kappa shape index (κ2) is 7.12. The molecule has 2 aromatic carbocycles. The van der Waals surface area contributed by atoms with E-state index in [0.29, 0.717) is 5.92 Å². The Labute approximate surface area is 131 Å². The molecule has 0 amide bonds. The first-order valence-electron chi connectivity index (χ1n) is 7.56. The topological polar surface area (TPSA) is 57.5 Å². The van der Waals surface area contributed by atoms with Crippen LogP contribution in [0.3, 0.4) is 0 Å². The fourth-order valence-corrected chi connectivity index (χ4v) is 2.56. The predicted octanol–water partition coefficient (Wildman–Crippen LogP) is 4.35. The molecule has 0 bridgehead atoms. The second-order valence-electron chi connectivity index (χ2n) is 6.05. The summed E-state index contributed by atoms with van der Waals surface area (Å²) in [5.41, 5.74) is 3.29. The fraction of sp³-hybridized carbons (Fsp3) is 0.316. The highest BCUT2D eigenvalue weighted by atomic mass is 16.4. The van der Waals surface area contributed by atoms with Gasteiger partial charge in [-0.1, -0.05) is 50.2 Å². The summed E-state index contributed by atoms with van der Waals surface area (Å²) in [5, 5.41) is 18.3. The minimum Gasteiger partial charge on any atom is -0.508 e. The highest BCUT2D eigenvalue weighted by molar-refractivity contribution is 5.67. The Kier molecular flexibility index (Phi) is 5.21. The first-order valence-corrected chi connectivity index (χ1v) is 7.56. The van der Waals surface area contributed by atoms with Crippen LogP contribution >= 0.6 is 0 Å². The molecule has 0 heterocycles. The Balaban J connectivity index is 2.11. The zero-order valence-electron chi connectivity index (χ0n) is 13.0. The van der Waals surface area contributed by atoms with Crippen LogP contribution in [0.4, 0.5) is 0 Å². The molecule has 22 heavy (non-hydrogen) atoms. The molecule has 0 aliphatic heterocycles. The number of hydrogen-bond acceptors (Lipinski definition) is 2. The van der Waals surface area contributed by atoms with E-state index in [2.05, 4.69) is 26.0 Å². The number of aromatic hydroxyl groups is 1. The minimum atomic E-state index is -0.737. The van der Waals surface area contributed by atoms with E-state index in [1.165, 1.54) is 0 Å². The lowest BCUT2D eigenvalue weighted by atomic mass is 9.86. The quantitative estimate of drug-likeness (QED) is 0.833. The maximum Gasteiger partial charge on any atom is 0.303 e. The minimum absolute atomic E-state index is 0.150. The van der Waals surface area contributed by atoms with Gasteiger partial charge in [-0.2, -0.15) is 0 Å². The molecule has 2 rings (SSSR count). The molecule has 1 atom stereocenters. The van der Waals surface area contributed by atoms with E-state index in [1.807, 2.05) is 24.3 Å². The SMILES string of the molecule is CC(C)C(CC(=O)O)Cc1ccc(-c2ccc(O)cc2)cc1. The lowest BCUT2D eigenvalue weighted by Gasteiger charge is -2.19. The average molecular weight is 298 g/mol. The van der Waals surface area contributed by atoms with E-state index < -0.39 is 5.97 Å². The average Bonchev–Trinajstić information content (AvgIpc) is 2.48. The van der Waals surface area contributed by atoms with Crippen molar-refractivity contribution in [1.82, 2.24) is 0 Å². The maximum atomic E-state index is 11.0. The Hall–Kier alpha value is -2.29. The molecule has 3 heteroatoms. The van der Waals surface area contributed by atoms with Gasteiger partial charge in [-0.05, 0) is 47.1 Å². The molecule has 0 aromatic heterocycles. The third-order valence-corrected chi connectivity index (χ3v) is 4.03. The molecule has 2 aromatic rings. The summed E-state index contributed by atoms with van der Waals surface area (Å²) in [6.07, 6.45) is 0.983. The van der Waals surface area contributed by atoms with Crippen molar-refractivity contribution in [2.45, 2.75) is 26.7 Å². The maximum absolute atomic E-state index is 11.0. The molecule has 0 saturated heterocycles. The van der Waals surface area contributed by atoms with Gasteiger partial charge in [0.25, 0.3) is 0 Å². The zero-order chi connectivity index (χ0) is 16.1. The fourth-order valence-electron chi connectivity index (χ4n) is 2.56. The van der Waals surface area contributed by atoms with Gasteiger partial charge in [-0.3, -0.25) is 4.79 Å². The van der Waals surface area contributed by atoms with Gasteiger partial charge in [0.15, 0.2) is 0 Å². The normalized spacial score (nSPS) is 12.3. The number of aliphatic carboxylic acids is 1. The Morgan fingerprint density at radius 1 is 0.955 bits per heavy atom. The van der Waals surface area contributed by atoms with Crippen molar-refractivity contribution in [3.05, 3.63) is 54.1 Å². The van der Waals surface area contributed by atoms with Crippen LogP contribution in [0.25, 0.3) is 11.1 Å². The summed E-state index contributed by atoms with van der Waals surface area (Å²) in [6.45, 7) is 4.14. The lowest BCUT2D eigenvalue weighted by Crippen LogP contribution is -2.16. The summed E-state index contributed by atoms with van der Waals surface area (Å²) in [5.74, 6) is 0.0122. The number of hydrogen-bond donors (Lipinski definition) is 2. The van der Waals surface area contributed by atoms with Crippen LogP contribution in [-0.2, 0) is 11.2 Å². The van der Waals surface area contributed by atoms with Crippen molar-refractivity contribution in [2.24, 2.45) is 11.8 Å². The van der Waals surface area contributed by atoms with E-state index in [9.17, 15) is 9.90 Å². The van der Waals surface area contributed by atoms with Crippen molar-refractivity contribution < 1.29 is 15.0 Å². The summed E-state index contributed by atoms with van der Waals surface area (Å²) in [7, 11) is 0. The zero-order valence-corrected chi connectivity index (χ0v) is 13.0. The number of carboxylic acids is 1. The smallest absolute Gasteiger partial charge is 0.303 e. The van der Waals surface area contributed by atoms with Gasteiger partial charge in [0.1, 0.15) is 5.75 Å². The lowest BCUT2D eigenvalue weighted by molar-refractivity contribution is -0.138. The van der Waals surface area contributed by atoms with Gasteiger partial charge in [0.2, 0.25) is 0 Å². The van der Waals surface area contributed by atoms with Crippen molar-refractivity contribution >= 4 is 5.97 Å². The van der Waals surface area contributed by atoms with Crippen LogP contribution in [0, 0.1) is 11.8 Å². The van der Waals surface area contributed by atoms with Gasteiger partial charge in [0.05, 0.1) is 0 Å². The molecule has 0 aliphatic rings. The highest BCUT2D eigenvalue weighted by Crippen LogP contribution is 2.25. The molecule has 0 saturated carbocycles. The first-order chi connectivity index (χ1) is 10.5. The third kappa shape index (κ3) is 4.35. The molecule has 3 nitrogen and oxygen atoms in total. The number of phenolic OH excluding ortho intramolecular Hbond substituents is 1. The molecule has 2 N–H and O–H groups in total. The number of phenols is 1. The Morgan fingerprint density at radius 3 is 1.91 bits per heavy atom. The van der Waals surface area contributed by atoms with Crippen molar-refractivity contribution in [3.8, 4) is 16.9 Å². The molecule has 0 radical (unpaired) electrons. The standard InChI is InChI=1S/C19H22O3/c1-13(2)17(12-19(21)22)11-14-3-5-15(6-4-14)16-7-9-18(20)10-8-16/h3-10,13,17,20H,11-12H2,1-2H3,(H,21,22). The summed E-state index contributed by atoms with van der Waals surface area (Å²) in [6, 6.07) is 15.3. The monoisotopic (exact) mass is 298 g/mol. The van der Waals surface area contributed by atoms with Gasteiger partial charge in [-0.15, -0.1) is 0 Å². The Bertz CT molecular complexity index is 612. The van der Waals surface area contributed by atoms with Crippen LogP contribution in [0.2, 0.25) is 0 Å². The van der Waals surface area contributed by atoms with Crippen LogP contribution in [0.5, 0.6) is 5.75 Å².